The molecule has 0 atom stereocenters. The number of esters is 1. The minimum Gasteiger partial charge on any atom is -0.482 e. The molecule has 0 unspecified atom stereocenters. The second-order valence-corrected chi connectivity index (χ2v) is 6.06. The highest BCUT2D eigenvalue weighted by atomic mass is 16.6. The van der Waals surface area contributed by atoms with Crippen molar-refractivity contribution in [2.24, 2.45) is 5.92 Å². The van der Waals surface area contributed by atoms with Crippen molar-refractivity contribution in [2.75, 3.05) is 13.2 Å². The smallest absolute Gasteiger partial charge is 0.344 e. The molecule has 0 fully saturated rings. The van der Waals surface area contributed by atoms with Crippen molar-refractivity contribution in [1.82, 2.24) is 5.32 Å². The summed E-state index contributed by atoms with van der Waals surface area (Å²) in [7, 11) is 0. The Morgan fingerprint density at radius 1 is 1.00 bits per heavy atom. The van der Waals surface area contributed by atoms with Crippen LogP contribution < -0.4 is 10.1 Å². The van der Waals surface area contributed by atoms with E-state index in [0.717, 1.165) is 5.56 Å². The molecule has 0 saturated heterocycles. The second-order valence-electron chi connectivity index (χ2n) is 6.06. The fourth-order valence-corrected chi connectivity index (χ4v) is 2.03. The summed E-state index contributed by atoms with van der Waals surface area (Å²) < 4.78 is 10.4. The summed E-state index contributed by atoms with van der Waals surface area (Å²) >= 11 is 0. The summed E-state index contributed by atoms with van der Waals surface area (Å²) in [6.45, 7) is 4.64. The Balaban J connectivity index is 1.78. The van der Waals surface area contributed by atoms with E-state index < -0.39 is 5.97 Å². The van der Waals surface area contributed by atoms with Crippen LogP contribution in [-0.2, 0) is 16.1 Å². The first-order chi connectivity index (χ1) is 12.0. The highest BCUT2D eigenvalue weighted by molar-refractivity contribution is 5.94. The molecule has 0 aliphatic carbocycles. The summed E-state index contributed by atoms with van der Waals surface area (Å²) in [5.74, 6) is 0.240. The van der Waals surface area contributed by atoms with E-state index >= 15 is 0 Å². The van der Waals surface area contributed by atoms with Gasteiger partial charge in [0, 0.05) is 12.1 Å². The third-order valence-electron chi connectivity index (χ3n) is 3.35. The van der Waals surface area contributed by atoms with Crippen molar-refractivity contribution < 1.29 is 19.1 Å². The molecule has 0 aliphatic heterocycles. The fourth-order valence-electron chi connectivity index (χ4n) is 2.03. The van der Waals surface area contributed by atoms with Gasteiger partial charge in [-0.05, 0) is 35.7 Å². The third-order valence-corrected chi connectivity index (χ3v) is 3.35. The molecule has 0 bridgehead atoms. The molecular weight excluding hydrogens is 318 g/mol. The van der Waals surface area contributed by atoms with Crippen molar-refractivity contribution in [2.45, 2.75) is 20.4 Å². The molecule has 0 aromatic heterocycles. The molecule has 2 aromatic carbocycles. The van der Waals surface area contributed by atoms with Gasteiger partial charge in [-0.25, -0.2) is 4.79 Å². The molecule has 0 saturated carbocycles. The van der Waals surface area contributed by atoms with Crippen LogP contribution in [0.1, 0.15) is 29.8 Å². The Hall–Kier alpha value is -2.82. The van der Waals surface area contributed by atoms with E-state index in [1.165, 1.54) is 0 Å². The zero-order chi connectivity index (χ0) is 18.1. The van der Waals surface area contributed by atoms with Crippen molar-refractivity contribution in [3.63, 3.8) is 0 Å². The van der Waals surface area contributed by atoms with Crippen LogP contribution in [0, 0.1) is 5.92 Å². The SMILES string of the molecule is CC(C)COC(=O)COc1ccc(C(=O)NCc2ccccc2)cc1. The van der Waals surface area contributed by atoms with Gasteiger partial charge in [-0.3, -0.25) is 4.79 Å². The van der Waals surface area contributed by atoms with Gasteiger partial charge in [0.15, 0.2) is 6.61 Å². The van der Waals surface area contributed by atoms with E-state index in [4.69, 9.17) is 9.47 Å². The first kappa shape index (κ1) is 18.5. The van der Waals surface area contributed by atoms with Gasteiger partial charge in [0.2, 0.25) is 0 Å². The number of hydrogen-bond donors (Lipinski definition) is 1. The molecule has 5 heteroatoms. The van der Waals surface area contributed by atoms with Gasteiger partial charge in [-0.1, -0.05) is 44.2 Å². The molecule has 0 spiro atoms. The molecule has 1 N–H and O–H groups in total. The van der Waals surface area contributed by atoms with Gasteiger partial charge in [-0.15, -0.1) is 0 Å². The van der Waals surface area contributed by atoms with Crippen molar-refractivity contribution in [3.05, 3.63) is 65.7 Å². The molecule has 5 nitrogen and oxygen atoms in total. The maximum atomic E-state index is 12.1. The van der Waals surface area contributed by atoms with Crippen LogP contribution in [0.5, 0.6) is 5.75 Å². The van der Waals surface area contributed by atoms with Crippen molar-refractivity contribution in [3.8, 4) is 5.75 Å². The van der Waals surface area contributed by atoms with Crippen LogP contribution >= 0.6 is 0 Å². The highest BCUT2D eigenvalue weighted by Crippen LogP contribution is 2.12. The Bertz CT molecular complexity index is 681. The monoisotopic (exact) mass is 341 g/mol. The Morgan fingerprint density at radius 2 is 1.68 bits per heavy atom. The summed E-state index contributed by atoms with van der Waals surface area (Å²) in [5.41, 5.74) is 1.57. The number of carbonyl (C=O) groups is 2. The summed E-state index contributed by atoms with van der Waals surface area (Å²) in [5, 5.41) is 2.86. The Kier molecular flexibility index (Phi) is 7.01. The lowest BCUT2D eigenvalue weighted by atomic mass is 10.2. The lowest BCUT2D eigenvalue weighted by Gasteiger charge is -2.09. The molecule has 132 valence electrons. The van der Waals surface area contributed by atoms with E-state index in [1.807, 2.05) is 44.2 Å². The first-order valence-corrected chi connectivity index (χ1v) is 8.25. The fraction of sp³-hybridized carbons (Fsp3) is 0.300. The lowest BCUT2D eigenvalue weighted by molar-refractivity contribution is -0.147. The average Bonchev–Trinajstić information content (AvgIpc) is 2.64. The highest BCUT2D eigenvalue weighted by Gasteiger charge is 2.08. The van der Waals surface area contributed by atoms with Crippen molar-refractivity contribution >= 4 is 11.9 Å². The predicted molar refractivity (Wildman–Crippen MR) is 95.3 cm³/mol. The molecule has 25 heavy (non-hydrogen) atoms. The van der Waals surface area contributed by atoms with E-state index in [1.54, 1.807) is 24.3 Å². The van der Waals surface area contributed by atoms with Crippen molar-refractivity contribution in [1.29, 1.82) is 0 Å². The quantitative estimate of drug-likeness (QED) is 0.749. The molecule has 2 rings (SSSR count). The average molecular weight is 341 g/mol. The molecule has 0 radical (unpaired) electrons. The number of carbonyl (C=O) groups excluding carboxylic acids is 2. The van der Waals surface area contributed by atoms with Gasteiger partial charge in [0.05, 0.1) is 6.61 Å². The first-order valence-electron chi connectivity index (χ1n) is 8.25. The number of rotatable bonds is 8. The van der Waals surface area contributed by atoms with E-state index in [9.17, 15) is 9.59 Å². The van der Waals surface area contributed by atoms with Crippen LogP contribution in [0.3, 0.4) is 0 Å². The van der Waals surface area contributed by atoms with Gasteiger partial charge < -0.3 is 14.8 Å². The molecule has 0 aliphatic rings. The number of benzene rings is 2. The maximum absolute atomic E-state index is 12.1. The number of nitrogens with one attached hydrogen (secondary N) is 1. The molecule has 2 aromatic rings. The minimum absolute atomic E-state index is 0.147. The molecule has 0 heterocycles. The van der Waals surface area contributed by atoms with Crippen LogP contribution in [0.25, 0.3) is 0 Å². The van der Waals surface area contributed by atoms with Gasteiger partial charge >= 0.3 is 5.97 Å². The second kappa shape index (κ2) is 9.47. The van der Waals surface area contributed by atoms with E-state index in [2.05, 4.69) is 5.32 Å². The zero-order valence-corrected chi connectivity index (χ0v) is 14.5. The van der Waals surface area contributed by atoms with Gasteiger partial charge in [0.1, 0.15) is 5.75 Å². The summed E-state index contributed by atoms with van der Waals surface area (Å²) in [6.07, 6.45) is 0. The predicted octanol–water partition coefficient (Wildman–Crippen LogP) is 3.19. The summed E-state index contributed by atoms with van der Waals surface area (Å²) in [6, 6.07) is 16.3. The standard InChI is InChI=1S/C20H23NO4/c1-15(2)13-25-19(22)14-24-18-10-8-17(9-11-18)20(23)21-12-16-6-4-3-5-7-16/h3-11,15H,12-14H2,1-2H3,(H,21,23). The minimum atomic E-state index is -0.404. The van der Waals surface area contributed by atoms with Crippen LogP contribution in [-0.4, -0.2) is 25.1 Å². The zero-order valence-electron chi connectivity index (χ0n) is 14.5. The number of hydrogen-bond acceptors (Lipinski definition) is 4. The summed E-state index contributed by atoms with van der Waals surface area (Å²) in [4.78, 5) is 23.6. The Morgan fingerprint density at radius 3 is 2.32 bits per heavy atom. The van der Waals surface area contributed by atoms with Crippen LogP contribution in [0.2, 0.25) is 0 Å². The van der Waals surface area contributed by atoms with Gasteiger partial charge in [-0.2, -0.15) is 0 Å². The maximum Gasteiger partial charge on any atom is 0.344 e. The van der Waals surface area contributed by atoms with Crippen LogP contribution in [0.4, 0.5) is 0 Å². The van der Waals surface area contributed by atoms with Crippen LogP contribution in [0.15, 0.2) is 54.6 Å². The Labute approximate surface area is 148 Å². The number of amides is 1. The number of ether oxygens (including phenoxy) is 2. The van der Waals surface area contributed by atoms with E-state index in [-0.39, 0.29) is 18.4 Å². The normalized spacial score (nSPS) is 10.4. The topological polar surface area (TPSA) is 64.6 Å². The molecule has 1 amide bonds. The van der Waals surface area contributed by atoms with E-state index in [0.29, 0.717) is 24.5 Å². The largest absolute Gasteiger partial charge is 0.482 e. The third kappa shape index (κ3) is 6.67. The van der Waals surface area contributed by atoms with Gasteiger partial charge in [0.25, 0.3) is 5.91 Å². The molecular formula is C20H23NO4. The lowest BCUT2D eigenvalue weighted by Crippen LogP contribution is -2.22.